The van der Waals surface area contributed by atoms with Gasteiger partial charge in [-0.2, -0.15) is 0 Å². The Labute approximate surface area is 102 Å². The average molecular weight is 239 g/mol. The van der Waals surface area contributed by atoms with Crippen LogP contribution in [-0.2, 0) is 9.59 Å². The van der Waals surface area contributed by atoms with E-state index in [2.05, 4.69) is 10.6 Å². The van der Waals surface area contributed by atoms with Gasteiger partial charge in [-0.3, -0.25) is 9.59 Å². The third-order valence-electron chi connectivity index (χ3n) is 3.48. The van der Waals surface area contributed by atoms with Crippen LogP contribution in [0.3, 0.4) is 0 Å². The quantitative estimate of drug-likeness (QED) is 0.612. The second-order valence-corrected chi connectivity index (χ2v) is 5.33. The van der Waals surface area contributed by atoms with Gasteiger partial charge in [-0.1, -0.05) is 0 Å². The van der Waals surface area contributed by atoms with Crippen molar-refractivity contribution in [2.75, 3.05) is 6.54 Å². The van der Waals surface area contributed by atoms with Gasteiger partial charge in [0.2, 0.25) is 11.8 Å². The SMILES string of the molecule is NC1(CC(=O)NCCC(=O)NC2CC2)CCC1. The van der Waals surface area contributed by atoms with Crippen LogP contribution in [0.2, 0.25) is 0 Å². The molecule has 2 rings (SSSR count). The Bertz CT molecular complexity index is 309. The number of nitrogens with two attached hydrogens (primary N) is 1. The number of hydrogen-bond donors (Lipinski definition) is 3. The highest BCUT2D eigenvalue weighted by atomic mass is 16.2. The Morgan fingerprint density at radius 1 is 1.24 bits per heavy atom. The van der Waals surface area contributed by atoms with Crippen LogP contribution < -0.4 is 16.4 Å². The molecule has 0 aromatic rings. The van der Waals surface area contributed by atoms with Crippen molar-refractivity contribution in [2.24, 2.45) is 5.73 Å². The molecule has 0 bridgehead atoms. The van der Waals surface area contributed by atoms with Crippen LogP contribution in [0, 0.1) is 0 Å². The lowest BCUT2D eigenvalue weighted by atomic mass is 9.75. The fourth-order valence-electron chi connectivity index (χ4n) is 2.03. The summed E-state index contributed by atoms with van der Waals surface area (Å²) in [6.45, 7) is 0.410. The topological polar surface area (TPSA) is 84.2 Å². The van der Waals surface area contributed by atoms with E-state index in [4.69, 9.17) is 5.73 Å². The van der Waals surface area contributed by atoms with Gasteiger partial charge in [0.05, 0.1) is 0 Å². The Morgan fingerprint density at radius 3 is 2.47 bits per heavy atom. The maximum absolute atomic E-state index is 11.5. The van der Waals surface area contributed by atoms with Crippen molar-refractivity contribution >= 4 is 11.8 Å². The van der Waals surface area contributed by atoms with Gasteiger partial charge in [-0.05, 0) is 32.1 Å². The number of hydrogen-bond acceptors (Lipinski definition) is 3. The number of carbonyl (C=O) groups excluding carboxylic acids is 2. The van der Waals surface area contributed by atoms with Crippen molar-refractivity contribution in [1.29, 1.82) is 0 Å². The second-order valence-electron chi connectivity index (χ2n) is 5.33. The van der Waals surface area contributed by atoms with Crippen LogP contribution in [0.1, 0.15) is 44.9 Å². The first-order chi connectivity index (χ1) is 8.07. The van der Waals surface area contributed by atoms with E-state index in [0.29, 0.717) is 25.4 Å². The van der Waals surface area contributed by atoms with Gasteiger partial charge in [-0.25, -0.2) is 0 Å². The third-order valence-corrected chi connectivity index (χ3v) is 3.48. The highest BCUT2D eigenvalue weighted by Gasteiger charge is 2.34. The van der Waals surface area contributed by atoms with Crippen LogP contribution in [0.15, 0.2) is 0 Å². The summed E-state index contributed by atoms with van der Waals surface area (Å²) in [5, 5.41) is 5.64. The number of carbonyl (C=O) groups is 2. The zero-order chi connectivity index (χ0) is 12.3. The molecule has 2 aliphatic rings. The number of amides is 2. The summed E-state index contributed by atoms with van der Waals surface area (Å²) < 4.78 is 0. The van der Waals surface area contributed by atoms with Gasteiger partial charge in [-0.15, -0.1) is 0 Å². The molecule has 17 heavy (non-hydrogen) atoms. The smallest absolute Gasteiger partial charge is 0.221 e. The predicted molar refractivity (Wildman–Crippen MR) is 64.2 cm³/mol. The normalized spacial score (nSPS) is 21.5. The zero-order valence-electron chi connectivity index (χ0n) is 10.1. The highest BCUT2D eigenvalue weighted by molar-refractivity contribution is 5.80. The van der Waals surface area contributed by atoms with Crippen LogP contribution >= 0.6 is 0 Å². The van der Waals surface area contributed by atoms with Gasteiger partial charge < -0.3 is 16.4 Å². The van der Waals surface area contributed by atoms with Crippen molar-refractivity contribution in [3.8, 4) is 0 Å². The standard InChI is InChI=1S/C12H21N3O2/c13-12(5-1-6-12)8-11(17)14-7-4-10(16)15-9-2-3-9/h9H,1-8,13H2,(H,14,17)(H,15,16). The molecule has 0 aromatic carbocycles. The number of rotatable bonds is 6. The summed E-state index contributed by atoms with van der Waals surface area (Å²) in [4.78, 5) is 22.9. The zero-order valence-corrected chi connectivity index (χ0v) is 10.1. The van der Waals surface area contributed by atoms with Crippen LogP contribution in [0.25, 0.3) is 0 Å². The lowest BCUT2D eigenvalue weighted by molar-refractivity contribution is -0.123. The number of nitrogens with one attached hydrogen (secondary N) is 2. The maximum Gasteiger partial charge on any atom is 0.221 e. The average Bonchev–Trinajstić information content (AvgIpc) is 2.99. The first kappa shape index (κ1) is 12.4. The summed E-state index contributed by atoms with van der Waals surface area (Å²) >= 11 is 0. The molecule has 2 fully saturated rings. The Balaban J connectivity index is 1.54. The van der Waals surface area contributed by atoms with E-state index in [0.717, 1.165) is 32.1 Å². The third kappa shape index (κ3) is 4.00. The van der Waals surface area contributed by atoms with Crippen molar-refractivity contribution in [1.82, 2.24) is 10.6 Å². The van der Waals surface area contributed by atoms with E-state index in [1.54, 1.807) is 0 Å². The minimum Gasteiger partial charge on any atom is -0.356 e. The summed E-state index contributed by atoms with van der Waals surface area (Å²) in [6.07, 6.45) is 5.91. The van der Waals surface area contributed by atoms with Crippen molar-refractivity contribution < 1.29 is 9.59 Å². The van der Waals surface area contributed by atoms with Gasteiger partial charge in [0.1, 0.15) is 0 Å². The molecule has 0 heterocycles. The molecule has 0 atom stereocenters. The summed E-state index contributed by atoms with van der Waals surface area (Å²) in [5.74, 6) is -0.00896. The van der Waals surface area contributed by atoms with E-state index >= 15 is 0 Å². The van der Waals surface area contributed by atoms with Crippen LogP contribution in [0.5, 0.6) is 0 Å². The van der Waals surface area contributed by atoms with Gasteiger partial charge in [0, 0.05) is 31.0 Å². The molecule has 4 N–H and O–H groups in total. The molecule has 5 heteroatoms. The first-order valence-electron chi connectivity index (χ1n) is 6.42. The molecule has 0 unspecified atom stereocenters. The molecule has 2 saturated carbocycles. The van der Waals surface area contributed by atoms with Gasteiger partial charge in [0.15, 0.2) is 0 Å². The monoisotopic (exact) mass is 239 g/mol. The molecule has 0 aliphatic heterocycles. The predicted octanol–water partition coefficient (Wildman–Crippen LogP) is 0.0428. The molecular weight excluding hydrogens is 218 g/mol. The van der Waals surface area contributed by atoms with E-state index < -0.39 is 0 Å². The Hall–Kier alpha value is -1.10. The van der Waals surface area contributed by atoms with Gasteiger partial charge in [0.25, 0.3) is 0 Å². The molecule has 0 spiro atoms. The van der Waals surface area contributed by atoms with E-state index in [1.807, 2.05) is 0 Å². The molecule has 0 aromatic heterocycles. The van der Waals surface area contributed by atoms with E-state index in [9.17, 15) is 9.59 Å². The van der Waals surface area contributed by atoms with Crippen LogP contribution in [0.4, 0.5) is 0 Å². The van der Waals surface area contributed by atoms with Gasteiger partial charge >= 0.3 is 0 Å². The molecule has 5 nitrogen and oxygen atoms in total. The van der Waals surface area contributed by atoms with Crippen LogP contribution in [-0.4, -0.2) is 29.9 Å². The second kappa shape index (κ2) is 5.04. The minimum atomic E-state index is -0.277. The maximum atomic E-state index is 11.5. The largest absolute Gasteiger partial charge is 0.356 e. The summed E-state index contributed by atoms with van der Waals surface area (Å²) in [7, 11) is 0. The fourth-order valence-corrected chi connectivity index (χ4v) is 2.03. The van der Waals surface area contributed by atoms with E-state index in [1.165, 1.54) is 0 Å². The molecule has 0 radical (unpaired) electrons. The molecular formula is C12H21N3O2. The minimum absolute atomic E-state index is 0.0268. The van der Waals surface area contributed by atoms with Crippen molar-refractivity contribution in [2.45, 2.75) is 56.5 Å². The molecule has 2 aliphatic carbocycles. The first-order valence-corrected chi connectivity index (χ1v) is 6.42. The lowest BCUT2D eigenvalue weighted by Gasteiger charge is -2.37. The highest BCUT2D eigenvalue weighted by Crippen LogP contribution is 2.31. The molecule has 2 amide bonds. The lowest BCUT2D eigenvalue weighted by Crippen LogP contribution is -2.50. The molecule has 0 saturated heterocycles. The van der Waals surface area contributed by atoms with Crippen molar-refractivity contribution in [3.63, 3.8) is 0 Å². The van der Waals surface area contributed by atoms with E-state index in [-0.39, 0.29) is 17.4 Å². The fraction of sp³-hybridized carbons (Fsp3) is 0.833. The Kier molecular flexibility index (Phi) is 3.66. The Morgan fingerprint density at radius 2 is 1.94 bits per heavy atom. The summed E-state index contributed by atoms with van der Waals surface area (Å²) in [5.41, 5.74) is 5.69. The van der Waals surface area contributed by atoms with Crippen molar-refractivity contribution in [3.05, 3.63) is 0 Å². The summed E-state index contributed by atoms with van der Waals surface area (Å²) in [6, 6.07) is 0.389. The molecule has 96 valence electrons.